The second-order valence-electron chi connectivity index (χ2n) is 5.01. The molecule has 0 aliphatic carbocycles. The summed E-state index contributed by atoms with van der Waals surface area (Å²) < 4.78 is 6.24. The highest BCUT2D eigenvalue weighted by molar-refractivity contribution is 9.10. The summed E-state index contributed by atoms with van der Waals surface area (Å²) in [5.74, 6) is 0.656. The van der Waals surface area contributed by atoms with Gasteiger partial charge in [0.05, 0.1) is 5.02 Å². The van der Waals surface area contributed by atoms with Crippen LogP contribution in [0.15, 0.2) is 22.7 Å². The average molecular weight is 405 g/mol. The molecule has 0 atom stereocenters. The van der Waals surface area contributed by atoms with Gasteiger partial charge >= 0.3 is 0 Å². The third-order valence-corrected chi connectivity index (χ3v) is 4.20. The average Bonchev–Trinajstić information content (AvgIpc) is 2.84. The summed E-state index contributed by atoms with van der Waals surface area (Å²) in [5, 5.41) is 12.5. The lowest BCUT2D eigenvalue weighted by Gasteiger charge is -2.07. The van der Waals surface area contributed by atoms with Crippen molar-refractivity contribution < 1.29 is 9.53 Å². The van der Waals surface area contributed by atoms with Crippen molar-refractivity contribution in [1.82, 2.24) is 10.2 Å². The van der Waals surface area contributed by atoms with Crippen LogP contribution < -0.4 is 10.1 Å². The Morgan fingerprint density at radius 1 is 1.45 bits per heavy atom. The van der Waals surface area contributed by atoms with Crippen molar-refractivity contribution >= 4 is 49.9 Å². The van der Waals surface area contributed by atoms with Crippen molar-refractivity contribution in [2.45, 2.75) is 20.3 Å². The molecule has 0 fully saturated rings. The van der Waals surface area contributed by atoms with Gasteiger partial charge in [0.1, 0.15) is 10.8 Å². The van der Waals surface area contributed by atoms with Gasteiger partial charge in [-0.1, -0.05) is 52.7 Å². The maximum Gasteiger partial charge on any atom is 0.264 e. The topological polar surface area (TPSA) is 64.1 Å². The second-order valence-corrected chi connectivity index (χ2v) is 7.40. The van der Waals surface area contributed by atoms with Crippen LogP contribution in [0.1, 0.15) is 18.9 Å². The van der Waals surface area contributed by atoms with E-state index >= 15 is 0 Å². The summed E-state index contributed by atoms with van der Waals surface area (Å²) in [6.07, 6.45) is 0.846. The van der Waals surface area contributed by atoms with Gasteiger partial charge in [0.2, 0.25) is 5.13 Å². The minimum atomic E-state index is -0.300. The number of halogens is 2. The Hall–Kier alpha value is -1.18. The largest absolute Gasteiger partial charge is 0.482 e. The number of benzene rings is 1. The molecule has 1 N–H and O–H groups in total. The fourth-order valence-corrected chi connectivity index (χ4v) is 3.32. The lowest BCUT2D eigenvalue weighted by atomic mass is 10.1. The van der Waals surface area contributed by atoms with E-state index < -0.39 is 0 Å². The van der Waals surface area contributed by atoms with Crippen LogP contribution in [0.4, 0.5) is 5.13 Å². The third kappa shape index (κ3) is 5.23. The molecule has 0 aliphatic rings. The zero-order chi connectivity index (χ0) is 16.1. The van der Waals surface area contributed by atoms with E-state index in [1.165, 1.54) is 11.3 Å². The Kier molecular flexibility index (Phi) is 6.16. The standard InChI is InChI=1S/C14H15BrClN3O2S/c1-8(2)5-13-18-19-14(22-13)17-12(20)7-21-11-4-3-9(15)6-10(11)16/h3-4,6,8H,5,7H2,1-2H3,(H,17,19,20). The van der Waals surface area contributed by atoms with E-state index in [9.17, 15) is 4.79 Å². The fourth-order valence-electron chi connectivity index (χ4n) is 1.63. The van der Waals surface area contributed by atoms with Crippen LogP contribution in [0.5, 0.6) is 5.75 Å². The van der Waals surface area contributed by atoms with Crippen LogP contribution in [-0.4, -0.2) is 22.7 Å². The van der Waals surface area contributed by atoms with Gasteiger partial charge in [-0.25, -0.2) is 0 Å². The minimum Gasteiger partial charge on any atom is -0.482 e. The summed E-state index contributed by atoms with van der Waals surface area (Å²) in [5.41, 5.74) is 0. The number of ether oxygens (including phenoxy) is 1. The third-order valence-electron chi connectivity index (χ3n) is 2.55. The minimum absolute atomic E-state index is 0.138. The van der Waals surface area contributed by atoms with Gasteiger partial charge in [-0.15, -0.1) is 10.2 Å². The first-order chi connectivity index (χ1) is 10.4. The number of aromatic nitrogens is 2. The van der Waals surface area contributed by atoms with E-state index in [1.54, 1.807) is 18.2 Å². The molecule has 0 spiro atoms. The maximum absolute atomic E-state index is 11.8. The molecule has 0 saturated carbocycles. The predicted molar refractivity (Wildman–Crippen MR) is 91.7 cm³/mol. The number of anilines is 1. The quantitative estimate of drug-likeness (QED) is 0.785. The molecule has 1 heterocycles. The summed E-state index contributed by atoms with van der Waals surface area (Å²) in [7, 11) is 0. The highest BCUT2D eigenvalue weighted by Gasteiger charge is 2.11. The highest BCUT2D eigenvalue weighted by Crippen LogP contribution is 2.27. The number of hydrogen-bond donors (Lipinski definition) is 1. The van der Waals surface area contributed by atoms with E-state index in [1.807, 2.05) is 0 Å². The van der Waals surface area contributed by atoms with Gasteiger partial charge in [0, 0.05) is 10.9 Å². The normalized spacial score (nSPS) is 10.8. The van der Waals surface area contributed by atoms with Crippen molar-refractivity contribution in [2.24, 2.45) is 5.92 Å². The van der Waals surface area contributed by atoms with Crippen LogP contribution in [0.3, 0.4) is 0 Å². The number of hydrogen-bond acceptors (Lipinski definition) is 5. The number of amides is 1. The molecule has 0 aliphatic heterocycles. The fraction of sp³-hybridized carbons (Fsp3) is 0.357. The molecular weight excluding hydrogens is 390 g/mol. The maximum atomic E-state index is 11.8. The number of carbonyl (C=O) groups excluding carboxylic acids is 1. The molecule has 0 radical (unpaired) electrons. The van der Waals surface area contributed by atoms with Gasteiger partial charge in [0.25, 0.3) is 5.91 Å². The predicted octanol–water partition coefficient (Wildman–Crippen LogP) is 4.17. The van der Waals surface area contributed by atoms with Crippen LogP contribution in [0, 0.1) is 5.92 Å². The number of carbonyl (C=O) groups is 1. The lowest BCUT2D eigenvalue weighted by Crippen LogP contribution is -2.20. The second kappa shape index (κ2) is 7.89. The van der Waals surface area contributed by atoms with E-state index in [0.29, 0.717) is 21.8 Å². The molecule has 2 aromatic rings. The molecule has 1 aromatic carbocycles. The monoisotopic (exact) mass is 403 g/mol. The van der Waals surface area contributed by atoms with Crippen LogP contribution >= 0.6 is 38.9 Å². The molecule has 1 amide bonds. The lowest BCUT2D eigenvalue weighted by molar-refractivity contribution is -0.118. The molecule has 22 heavy (non-hydrogen) atoms. The molecule has 0 unspecified atom stereocenters. The van der Waals surface area contributed by atoms with E-state index in [4.69, 9.17) is 16.3 Å². The van der Waals surface area contributed by atoms with E-state index in [0.717, 1.165) is 15.9 Å². The zero-order valence-corrected chi connectivity index (χ0v) is 15.3. The summed E-state index contributed by atoms with van der Waals surface area (Å²) in [6, 6.07) is 5.20. The van der Waals surface area contributed by atoms with Gasteiger partial charge in [-0.3, -0.25) is 10.1 Å². The van der Waals surface area contributed by atoms with Crippen LogP contribution in [0.25, 0.3) is 0 Å². The molecule has 5 nitrogen and oxygen atoms in total. The van der Waals surface area contributed by atoms with Gasteiger partial charge < -0.3 is 4.74 Å². The smallest absolute Gasteiger partial charge is 0.264 e. The van der Waals surface area contributed by atoms with E-state index in [2.05, 4.69) is 45.3 Å². The molecule has 0 bridgehead atoms. The number of rotatable bonds is 6. The first-order valence-electron chi connectivity index (χ1n) is 6.64. The van der Waals surface area contributed by atoms with Gasteiger partial charge in [-0.05, 0) is 24.1 Å². The Labute approximate surface area is 146 Å². The summed E-state index contributed by atoms with van der Waals surface area (Å²) >= 11 is 10.7. The molecule has 8 heteroatoms. The Morgan fingerprint density at radius 2 is 2.23 bits per heavy atom. The Morgan fingerprint density at radius 3 is 2.91 bits per heavy atom. The Balaban J connectivity index is 1.86. The van der Waals surface area contributed by atoms with Crippen LogP contribution in [-0.2, 0) is 11.2 Å². The first kappa shape index (κ1) is 17.2. The van der Waals surface area contributed by atoms with Crippen molar-refractivity contribution in [3.63, 3.8) is 0 Å². The van der Waals surface area contributed by atoms with Crippen molar-refractivity contribution in [3.8, 4) is 5.75 Å². The Bertz CT molecular complexity index is 663. The number of nitrogens with zero attached hydrogens (tertiary/aromatic N) is 2. The SMILES string of the molecule is CC(C)Cc1nnc(NC(=O)COc2ccc(Br)cc2Cl)s1. The number of nitrogens with one attached hydrogen (secondary N) is 1. The van der Waals surface area contributed by atoms with E-state index in [-0.39, 0.29) is 12.5 Å². The first-order valence-corrected chi connectivity index (χ1v) is 8.63. The van der Waals surface area contributed by atoms with Gasteiger partial charge in [0.15, 0.2) is 6.61 Å². The molecule has 1 aromatic heterocycles. The molecule has 0 saturated heterocycles. The van der Waals surface area contributed by atoms with Crippen molar-refractivity contribution in [1.29, 1.82) is 0 Å². The summed E-state index contributed by atoms with van der Waals surface area (Å²) in [4.78, 5) is 11.8. The van der Waals surface area contributed by atoms with Gasteiger partial charge in [-0.2, -0.15) is 0 Å². The van der Waals surface area contributed by atoms with Crippen molar-refractivity contribution in [2.75, 3.05) is 11.9 Å². The van der Waals surface area contributed by atoms with Crippen LogP contribution in [0.2, 0.25) is 5.02 Å². The zero-order valence-electron chi connectivity index (χ0n) is 12.1. The highest BCUT2D eigenvalue weighted by atomic mass is 79.9. The molecule has 118 valence electrons. The summed E-state index contributed by atoms with van der Waals surface area (Å²) in [6.45, 7) is 4.07. The van der Waals surface area contributed by atoms with Crippen molar-refractivity contribution in [3.05, 3.63) is 32.7 Å². The molecule has 2 rings (SSSR count). The molecular formula is C14H15BrClN3O2S.